The molecule has 0 atom stereocenters. The van der Waals surface area contributed by atoms with Crippen molar-refractivity contribution in [3.63, 3.8) is 0 Å². The minimum atomic E-state index is -1.01. The zero-order valence-corrected chi connectivity index (χ0v) is 22.9. The lowest BCUT2D eigenvalue weighted by Gasteiger charge is -2.16. The van der Waals surface area contributed by atoms with Gasteiger partial charge >= 0.3 is 5.97 Å². The van der Waals surface area contributed by atoms with E-state index in [0.29, 0.717) is 27.2 Å². The molecule has 1 aromatic heterocycles. The molecule has 202 valence electrons. The molecule has 1 aliphatic heterocycles. The van der Waals surface area contributed by atoms with Crippen molar-refractivity contribution < 1.29 is 23.8 Å². The number of hydrogen-bond donors (Lipinski definition) is 1. The first-order valence-electron chi connectivity index (χ1n) is 12.4. The molecule has 3 aromatic carbocycles. The standard InChI is InChI=1S/C31H26FN3O4S/c1-19-15-23(20(2)35(19)26-6-4-5-24(32)17-26)16-28-29(36)34(18-21-7-9-22(10-8-21)30(37)38)31(40-28)33-25-11-13-27(39-3)14-12-25/h4-17H,18H2,1-3H3,(H,37,38)/b28-16-,33-31?. The van der Waals surface area contributed by atoms with Gasteiger partial charge in [0.25, 0.3) is 5.91 Å². The summed E-state index contributed by atoms with van der Waals surface area (Å²) in [6.07, 6.45) is 1.84. The van der Waals surface area contributed by atoms with Gasteiger partial charge in [0.1, 0.15) is 11.6 Å². The van der Waals surface area contributed by atoms with Crippen molar-refractivity contribution >= 4 is 40.6 Å². The van der Waals surface area contributed by atoms with Crippen molar-refractivity contribution in [2.45, 2.75) is 20.4 Å². The lowest BCUT2D eigenvalue weighted by atomic mass is 10.1. The van der Waals surface area contributed by atoms with E-state index in [2.05, 4.69) is 0 Å². The number of amides is 1. The molecule has 0 saturated carbocycles. The lowest BCUT2D eigenvalue weighted by Crippen LogP contribution is -2.28. The van der Waals surface area contributed by atoms with Crippen LogP contribution in [0.3, 0.4) is 0 Å². The number of aromatic nitrogens is 1. The summed E-state index contributed by atoms with van der Waals surface area (Å²) >= 11 is 1.27. The number of carbonyl (C=O) groups is 2. The van der Waals surface area contributed by atoms with Crippen LogP contribution in [0.5, 0.6) is 5.75 Å². The van der Waals surface area contributed by atoms with Crippen LogP contribution in [0.2, 0.25) is 0 Å². The first kappa shape index (κ1) is 27.0. The maximum absolute atomic E-state index is 13.9. The summed E-state index contributed by atoms with van der Waals surface area (Å²) in [5.41, 5.74) is 4.94. The van der Waals surface area contributed by atoms with Crippen LogP contribution in [-0.2, 0) is 11.3 Å². The van der Waals surface area contributed by atoms with Gasteiger partial charge in [-0.3, -0.25) is 9.69 Å². The summed E-state index contributed by atoms with van der Waals surface area (Å²) < 4.78 is 21.1. The van der Waals surface area contributed by atoms with Gasteiger partial charge in [0.05, 0.1) is 29.8 Å². The van der Waals surface area contributed by atoms with Crippen LogP contribution < -0.4 is 4.74 Å². The number of aromatic carboxylic acids is 1. The summed E-state index contributed by atoms with van der Waals surface area (Å²) in [5.74, 6) is -0.848. The second kappa shape index (κ2) is 11.2. The van der Waals surface area contributed by atoms with Crippen LogP contribution in [0.4, 0.5) is 10.1 Å². The zero-order valence-electron chi connectivity index (χ0n) is 22.1. The highest BCUT2D eigenvalue weighted by atomic mass is 32.2. The number of thioether (sulfide) groups is 1. The number of aliphatic imine (C=N–C) groups is 1. The number of nitrogens with zero attached hydrogens (tertiary/aromatic N) is 3. The summed E-state index contributed by atoms with van der Waals surface area (Å²) in [6.45, 7) is 4.09. The lowest BCUT2D eigenvalue weighted by molar-refractivity contribution is -0.122. The maximum Gasteiger partial charge on any atom is 0.335 e. The van der Waals surface area contributed by atoms with E-state index in [4.69, 9.17) is 9.73 Å². The van der Waals surface area contributed by atoms with Gasteiger partial charge in [-0.25, -0.2) is 14.2 Å². The Morgan fingerprint density at radius 2 is 1.77 bits per heavy atom. The number of carboxylic acid groups (broad SMARTS) is 1. The number of benzene rings is 3. The van der Waals surface area contributed by atoms with Crippen molar-refractivity contribution in [3.8, 4) is 11.4 Å². The van der Waals surface area contributed by atoms with Gasteiger partial charge in [0, 0.05) is 17.1 Å². The van der Waals surface area contributed by atoms with Gasteiger partial charge < -0.3 is 14.4 Å². The second-order valence-corrected chi connectivity index (χ2v) is 10.2. The number of hydrogen-bond acceptors (Lipinski definition) is 5. The largest absolute Gasteiger partial charge is 0.497 e. The Morgan fingerprint density at radius 1 is 1.05 bits per heavy atom. The Labute approximate surface area is 235 Å². The second-order valence-electron chi connectivity index (χ2n) is 9.24. The first-order chi connectivity index (χ1) is 19.2. The fourth-order valence-electron chi connectivity index (χ4n) is 4.52. The molecule has 0 radical (unpaired) electrons. The summed E-state index contributed by atoms with van der Waals surface area (Å²) in [7, 11) is 1.59. The molecule has 1 N–H and O–H groups in total. The number of aryl methyl sites for hydroxylation is 1. The van der Waals surface area contributed by atoms with Crippen LogP contribution in [0.1, 0.15) is 32.9 Å². The molecule has 5 rings (SSSR count). The Hall–Kier alpha value is -4.63. The predicted molar refractivity (Wildman–Crippen MR) is 155 cm³/mol. The van der Waals surface area contributed by atoms with Crippen molar-refractivity contribution in [2.75, 3.05) is 7.11 Å². The Balaban J connectivity index is 1.51. The van der Waals surface area contributed by atoms with Crippen LogP contribution in [-0.4, -0.2) is 38.7 Å². The molecule has 0 unspecified atom stereocenters. The highest BCUT2D eigenvalue weighted by Gasteiger charge is 2.34. The topological polar surface area (TPSA) is 84.1 Å². The van der Waals surface area contributed by atoms with Crippen LogP contribution in [0.25, 0.3) is 11.8 Å². The third-order valence-corrected chi connectivity index (χ3v) is 7.56. The first-order valence-corrected chi connectivity index (χ1v) is 13.3. The Morgan fingerprint density at radius 3 is 2.42 bits per heavy atom. The van der Waals surface area contributed by atoms with Crippen molar-refractivity contribution in [2.24, 2.45) is 4.99 Å². The van der Waals surface area contributed by atoms with Crippen molar-refractivity contribution in [1.82, 2.24) is 9.47 Å². The smallest absolute Gasteiger partial charge is 0.335 e. The number of carboxylic acids is 1. The highest BCUT2D eigenvalue weighted by molar-refractivity contribution is 8.18. The van der Waals surface area contributed by atoms with Gasteiger partial charge in [0.15, 0.2) is 5.17 Å². The van der Waals surface area contributed by atoms with Crippen LogP contribution >= 0.6 is 11.8 Å². The number of rotatable bonds is 7. The third kappa shape index (κ3) is 5.55. The summed E-state index contributed by atoms with van der Waals surface area (Å²) in [5, 5.41) is 9.73. The molecule has 0 aliphatic carbocycles. The normalized spacial score (nSPS) is 15.3. The Bertz CT molecular complexity index is 1660. The number of ether oxygens (including phenoxy) is 1. The molecule has 9 heteroatoms. The average Bonchev–Trinajstić information content (AvgIpc) is 3.38. The fraction of sp³-hybridized carbons (Fsp3) is 0.129. The number of methoxy groups -OCH3 is 1. The molecular formula is C31H26FN3O4S. The average molecular weight is 556 g/mol. The molecule has 1 aliphatic rings. The van der Waals surface area contributed by atoms with E-state index < -0.39 is 5.97 Å². The minimum Gasteiger partial charge on any atom is -0.497 e. The molecule has 1 amide bonds. The van der Waals surface area contributed by atoms with E-state index in [-0.39, 0.29) is 23.8 Å². The minimum absolute atomic E-state index is 0.173. The van der Waals surface area contributed by atoms with Crippen molar-refractivity contribution in [3.05, 3.63) is 118 Å². The number of amidine groups is 1. The monoisotopic (exact) mass is 555 g/mol. The van der Waals surface area contributed by atoms with Crippen LogP contribution in [0, 0.1) is 19.7 Å². The quantitative estimate of drug-likeness (QED) is 0.255. The van der Waals surface area contributed by atoms with E-state index in [1.165, 1.54) is 36.0 Å². The molecule has 1 saturated heterocycles. The van der Waals surface area contributed by atoms with Crippen molar-refractivity contribution in [1.29, 1.82) is 0 Å². The van der Waals surface area contributed by atoms with Gasteiger partial charge in [-0.05, 0) is 103 Å². The molecule has 0 spiro atoms. The zero-order chi connectivity index (χ0) is 28.4. The molecule has 40 heavy (non-hydrogen) atoms. The van der Waals surface area contributed by atoms with E-state index in [1.54, 1.807) is 42.3 Å². The summed E-state index contributed by atoms with van der Waals surface area (Å²) in [4.78, 5) is 31.8. The van der Waals surface area contributed by atoms with E-state index in [1.807, 2.05) is 48.8 Å². The fourth-order valence-corrected chi connectivity index (χ4v) is 5.51. The van der Waals surface area contributed by atoms with E-state index in [9.17, 15) is 19.1 Å². The molecule has 1 fully saturated rings. The number of halogens is 1. The molecule has 2 heterocycles. The maximum atomic E-state index is 13.9. The van der Waals surface area contributed by atoms with Gasteiger partial charge in [0.2, 0.25) is 0 Å². The highest BCUT2D eigenvalue weighted by Crippen LogP contribution is 2.36. The molecule has 4 aromatic rings. The van der Waals surface area contributed by atoms with E-state index >= 15 is 0 Å². The Kier molecular flexibility index (Phi) is 7.57. The van der Waals surface area contributed by atoms with Gasteiger partial charge in [-0.2, -0.15) is 0 Å². The number of carbonyl (C=O) groups excluding carboxylic acids is 1. The predicted octanol–water partition coefficient (Wildman–Crippen LogP) is 6.74. The van der Waals surface area contributed by atoms with Crippen LogP contribution in [0.15, 0.2) is 88.8 Å². The SMILES string of the molecule is COc1ccc(N=C2S/C(=C\c3cc(C)n(-c4cccc(F)c4)c3C)C(=O)N2Cc2ccc(C(=O)O)cc2)cc1. The molecule has 0 bridgehead atoms. The van der Waals surface area contributed by atoms with Gasteiger partial charge in [-0.1, -0.05) is 18.2 Å². The molecular weight excluding hydrogens is 529 g/mol. The summed E-state index contributed by atoms with van der Waals surface area (Å²) in [6, 6.07) is 22.0. The van der Waals surface area contributed by atoms with Gasteiger partial charge in [-0.15, -0.1) is 0 Å². The van der Waals surface area contributed by atoms with E-state index in [0.717, 1.165) is 22.5 Å². The molecule has 7 nitrogen and oxygen atoms in total. The third-order valence-electron chi connectivity index (χ3n) is 6.55.